The lowest BCUT2D eigenvalue weighted by Gasteiger charge is -2.12. The van der Waals surface area contributed by atoms with E-state index in [1.807, 2.05) is 18.2 Å². The lowest BCUT2D eigenvalue weighted by molar-refractivity contribution is 0.401. The molecule has 2 aromatic heterocycles. The minimum atomic E-state index is -0.321. The van der Waals surface area contributed by atoms with E-state index in [1.165, 1.54) is 0 Å². The molecule has 2 aromatic rings. The van der Waals surface area contributed by atoms with Gasteiger partial charge in [0, 0.05) is 11.8 Å². The summed E-state index contributed by atoms with van der Waals surface area (Å²) in [4.78, 5) is 3.97. The second kappa shape index (κ2) is 4.14. The Hall–Kier alpha value is -1.81. The third-order valence-corrected chi connectivity index (χ3v) is 2.22. The average Bonchev–Trinajstić information content (AvgIpc) is 2.81. The summed E-state index contributed by atoms with van der Waals surface area (Å²) < 4.78 is 10.4. The maximum absolute atomic E-state index is 6.04. The van der Waals surface area contributed by atoms with Gasteiger partial charge >= 0.3 is 0 Å². The molecule has 2 N–H and O–H groups in total. The summed E-state index contributed by atoms with van der Waals surface area (Å²) in [7, 11) is 1.59. The van der Waals surface area contributed by atoms with Crippen molar-refractivity contribution < 1.29 is 9.15 Å². The number of furan rings is 1. The van der Waals surface area contributed by atoms with Crippen molar-refractivity contribution in [2.75, 3.05) is 7.11 Å². The Morgan fingerprint density at radius 3 is 3.00 bits per heavy atom. The van der Waals surface area contributed by atoms with E-state index >= 15 is 0 Å². The molecule has 2 heterocycles. The quantitative estimate of drug-likeness (QED) is 0.827. The fraction of sp³-hybridized carbons (Fsp3) is 0.182. The Labute approximate surface area is 87.7 Å². The van der Waals surface area contributed by atoms with Gasteiger partial charge in [-0.1, -0.05) is 0 Å². The van der Waals surface area contributed by atoms with Gasteiger partial charge in [-0.2, -0.15) is 0 Å². The Morgan fingerprint density at radius 1 is 1.47 bits per heavy atom. The number of rotatable bonds is 3. The summed E-state index contributed by atoms with van der Waals surface area (Å²) in [6.45, 7) is 0. The van der Waals surface area contributed by atoms with Gasteiger partial charge in [0.25, 0.3) is 0 Å². The highest BCUT2D eigenvalue weighted by molar-refractivity contribution is 5.36. The van der Waals surface area contributed by atoms with Crippen molar-refractivity contribution in [2.45, 2.75) is 6.04 Å². The van der Waals surface area contributed by atoms with Crippen molar-refractivity contribution in [3.05, 3.63) is 48.2 Å². The van der Waals surface area contributed by atoms with Crippen LogP contribution in [0.1, 0.15) is 17.4 Å². The first-order valence-corrected chi connectivity index (χ1v) is 4.60. The molecule has 0 aliphatic rings. The molecular formula is C11H12N2O2. The zero-order chi connectivity index (χ0) is 10.7. The molecule has 0 bridgehead atoms. The zero-order valence-corrected chi connectivity index (χ0v) is 8.38. The van der Waals surface area contributed by atoms with Crippen LogP contribution in [0.3, 0.4) is 0 Å². The molecule has 0 amide bonds. The zero-order valence-electron chi connectivity index (χ0n) is 8.38. The highest BCUT2D eigenvalue weighted by Crippen LogP contribution is 2.27. The van der Waals surface area contributed by atoms with Crippen molar-refractivity contribution in [1.82, 2.24) is 4.98 Å². The molecule has 1 atom stereocenters. The van der Waals surface area contributed by atoms with Crippen LogP contribution in [0.4, 0.5) is 0 Å². The van der Waals surface area contributed by atoms with E-state index < -0.39 is 0 Å². The van der Waals surface area contributed by atoms with E-state index in [4.69, 9.17) is 14.9 Å². The number of aromatic nitrogens is 1. The first-order valence-electron chi connectivity index (χ1n) is 4.60. The number of hydrogen-bond acceptors (Lipinski definition) is 4. The minimum Gasteiger partial charge on any atom is -0.495 e. The van der Waals surface area contributed by atoms with E-state index in [9.17, 15) is 0 Å². The van der Waals surface area contributed by atoms with Crippen molar-refractivity contribution in [3.8, 4) is 5.75 Å². The van der Waals surface area contributed by atoms with Gasteiger partial charge in [0.05, 0.1) is 25.6 Å². The summed E-state index contributed by atoms with van der Waals surface area (Å²) >= 11 is 0. The van der Waals surface area contributed by atoms with Crippen LogP contribution in [0.15, 0.2) is 41.3 Å². The largest absolute Gasteiger partial charge is 0.495 e. The summed E-state index contributed by atoms with van der Waals surface area (Å²) in [5.41, 5.74) is 6.90. The molecule has 0 aromatic carbocycles. The molecule has 4 nitrogen and oxygen atoms in total. The van der Waals surface area contributed by atoms with E-state index in [0.29, 0.717) is 11.5 Å². The first kappa shape index (κ1) is 9.73. The predicted octanol–water partition coefficient (Wildman–Crippen LogP) is 1.73. The third kappa shape index (κ3) is 1.85. The minimum absolute atomic E-state index is 0.321. The predicted molar refractivity (Wildman–Crippen MR) is 55.5 cm³/mol. The Bertz CT molecular complexity index is 426. The molecule has 0 aliphatic heterocycles. The standard InChI is InChI=1S/C11H12N2O2/c1-14-10-7-13-5-4-8(10)11(12)9-3-2-6-15-9/h2-7,11H,12H2,1H3. The second-order valence-corrected chi connectivity index (χ2v) is 3.11. The lowest BCUT2D eigenvalue weighted by Crippen LogP contribution is -2.12. The van der Waals surface area contributed by atoms with Crippen LogP contribution in [0, 0.1) is 0 Å². The molecule has 4 heteroatoms. The molecule has 0 saturated heterocycles. The Balaban J connectivity index is 2.37. The van der Waals surface area contributed by atoms with E-state index in [2.05, 4.69) is 4.98 Å². The SMILES string of the molecule is COc1cnccc1C(N)c1ccco1. The fourth-order valence-corrected chi connectivity index (χ4v) is 1.44. The molecule has 78 valence electrons. The van der Waals surface area contributed by atoms with Crippen molar-refractivity contribution in [2.24, 2.45) is 5.73 Å². The molecule has 0 aliphatic carbocycles. The van der Waals surface area contributed by atoms with Crippen molar-refractivity contribution >= 4 is 0 Å². The molecule has 1 unspecified atom stereocenters. The number of pyridine rings is 1. The van der Waals surface area contributed by atoms with Gasteiger partial charge in [0.15, 0.2) is 0 Å². The normalized spacial score (nSPS) is 12.4. The van der Waals surface area contributed by atoms with Gasteiger partial charge in [-0.3, -0.25) is 4.98 Å². The van der Waals surface area contributed by atoms with E-state index in [1.54, 1.807) is 25.8 Å². The van der Waals surface area contributed by atoms with Crippen molar-refractivity contribution in [3.63, 3.8) is 0 Å². The van der Waals surface area contributed by atoms with Crippen LogP contribution in [0.25, 0.3) is 0 Å². The van der Waals surface area contributed by atoms with Gasteiger partial charge in [-0.25, -0.2) is 0 Å². The highest BCUT2D eigenvalue weighted by atomic mass is 16.5. The molecular weight excluding hydrogens is 192 g/mol. The van der Waals surface area contributed by atoms with Crippen LogP contribution in [-0.2, 0) is 0 Å². The molecule has 0 spiro atoms. The first-order chi connectivity index (χ1) is 7.33. The molecule has 2 rings (SSSR count). The van der Waals surface area contributed by atoms with Crippen LogP contribution in [0.2, 0.25) is 0 Å². The monoisotopic (exact) mass is 204 g/mol. The van der Waals surface area contributed by atoms with Gasteiger partial charge < -0.3 is 14.9 Å². The van der Waals surface area contributed by atoms with Gasteiger partial charge in [0.1, 0.15) is 11.5 Å². The number of ether oxygens (including phenoxy) is 1. The smallest absolute Gasteiger partial charge is 0.142 e. The number of methoxy groups -OCH3 is 1. The van der Waals surface area contributed by atoms with Crippen LogP contribution >= 0.6 is 0 Å². The molecule has 0 fully saturated rings. The van der Waals surface area contributed by atoms with Crippen molar-refractivity contribution in [1.29, 1.82) is 0 Å². The second-order valence-electron chi connectivity index (χ2n) is 3.11. The summed E-state index contributed by atoms with van der Waals surface area (Å²) in [5, 5.41) is 0. The topological polar surface area (TPSA) is 61.3 Å². The van der Waals surface area contributed by atoms with E-state index in [0.717, 1.165) is 5.56 Å². The van der Waals surface area contributed by atoms with Gasteiger partial charge in [-0.15, -0.1) is 0 Å². The van der Waals surface area contributed by atoms with Gasteiger partial charge in [-0.05, 0) is 18.2 Å². The van der Waals surface area contributed by atoms with Gasteiger partial charge in [0.2, 0.25) is 0 Å². The summed E-state index contributed by atoms with van der Waals surface area (Å²) in [6.07, 6.45) is 4.92. The maximum Gasteiger partial charge on any atom is 0.142 e. The third-order valence-electron chi connectivity index (χ3n) is 2.22. The molecule has 0 saturated carbocycles. The van der Waals surface area contributed by atoms with Crippen LogP contribution < -0.4 is 10.5 Å². The molecule has 15 heavy (non-hydrogen) atoms. The van der Waals surface area contributed by atoms with E-state index in [-0.39, 0.29) is 6.04 Å². The lowest BCUT2D eigenvalue weighted by atomic mass is 10.1. The number of hydrogen-bond donors (Lipinski definition) is 1. The fourth-order valence-electron chi connectivity index (χ4n) is 1.44. The van der Waals surface area contributed by atoms with Crippen LogP contribution in [-0.4, -0.2) is 12.1 Å². The maximum atomic E-state index is 6.04. The Morgan fingerprint density at radius 2 is 2.33 bits per heavy atom. The molecule has 0 radical (unpaired) electrons. The summed E-state index contributed by atoms with van der Waals surface area (Å²) in [5.74, 6) is 1.38. The van der Waals surface area contributed by atoms with Crippen LogP contribution in [0.5, 0.6) is 5.75 Å². The summed E-state index contributed by atoms with van der Waals surface area (Å²) in [6, 6.07) is 5.15. The number of nitrogens with two attached hydrogens (primary N) is 1. The number of nitrogens with zero attached hydrogens (tertiary/aromatic N) is 1. The Kier molecular flexibility index (Phi) is 2.69. The highest BCUT2D eigenvalue weighted by Gasteiger charge is 2.15. The average molecular weight is 204 g/mol.